The number of nitro groups is 1. The van der Waals surface area contributed by atoms with E-state index in [1.165, 1.54) is 0 Å². The summed E-state index contributed by atoms with van der Waals surface area (Å²) in [7, 11) is 0. The summed E-state index contributed by atoms with van der Waals surface area (Å²) in [4.78, 5) is 22.6. The Hall–Kier alpha value is -0.930. The van der Waals surface area contributed by atoms with Crippen LogP contribution in [0.25, 0.3) is 0 Å². The van der Waals surface area contributed by atoms with Gasteiger partial charge in [0, 0.05) is 23.7 Å². The molecule has 0 aromatic heterocycles. The predicted octanol–water partition coefficient (Wildman–Crippen LogP) is 1.95. The normalized spacial score (nSPS) is 37.7. The summed E-state index contributed by atoms with van der Waals surface area (Å²) in [5.41, 5.74) is -1.18. The van der Waals surface area contributed by atoms with Crippen LogP contribution in [0.3, 0.4) is 0 Å². The van der Waals surface area contributed by atoms with Crippen LogP contribution in [0.4, 0.5) is 0 Å². The molecule has 0 amide bonds. The molecule has 0 aromatic rings. The third-order valence-corrected chi connectivity index (χ3v) is 3.80. The Balaban J connectivity index is 2.34. The van der Waals surface area contributed by atoms with E-state index in [9.17, 15) is 14.9 Å². The standard InChI is InChI=1S/C10H15NO3/c12-9-6-3-5-8-4-1-2-7-10(8,9)11(13)14/h8H,1-7H2. The van der Waals surface area contributed by atoms with Gasteiger partial charge in [0.05, 0.1) is 0 Å². The highest BCUT2D eigenvalue weighted by atomic mass is 16.6. The SMILES string of the molecule is O=C1CCCC2CCCCC12[N+](=O)[O-]. The highest BCUT2D eigenvalue weighted by Crippen LogP contribution is 2.43. The lowest BCUT2D eigenvalue weighted by molar-refractivity contribution is -0.568. The Morgan fingerprint density at radius 2 is 2.00 bits per heavy atom. The van der Waals surface area contributed by atoms with Crippen molar-refractivity contribution in [1.29, 1.82) is 0 Å². The summed E-state index contributed by atoms with van der Waals surface area (Å²) < 4.78 is 0. The lowest BCUT2D eigenvalue weighted by atomic mass is 9.65. The van der Waals surface area contributed by atoms with E-state index in [-0.39, 0.29) is 16.6 Å². The molecule has 0 spiro atoms. The molecule has 2 saturated carbocycles. The Bertz CT molecular complexity index is 275. The van der Waals surface area contributed by atoms with E-state index < -0.39 is 5.54 Å². The van der Waals surface area contributed by atoms with E-state index >= 15 is 0 Å². The van der Waals surface area contributed by atoms with Gasteiger partial charge in [-0.15, -0.1) is 0 Å². The molecule has 0 aliphatic heterocycles. The van der Waals surface area contributed by atoms with Gasteiger partial charge in [0.2, 0.25) is 5.78 Å². The summed E-state index contributed by atoms with van der Waals surface area (Å²) in [6, 6.07) is 0. The molecule has 2 atom stereocenters. The minimum atomic E-state index is -1.18. The van der Waals surface area contributed by atoms with E-state index in [0.29, 0.717) is 12.8 Å². The van der Waals surface area contributed by atoms with Crippen LogP contribution >= 0.6 is 0 Å². The maximum absolute atomic E-state index is 11.8. The van der Waals surface area contributed by atoms with Gasteiger partial charge in [-0.05, 0) is 25.7 Å². The molecule has 2 unspecified atom stereocenters. The van der Waals surface area contributed by atoms with Crippen LogP contribution in [0.5, 0.6) is 0 Å². The van der Waals surface area contributed by atoms with Crippen LogP contribution in [0.1, 0.15) is 44.9 Å². The van der Waals surface area contributed by atoms with Crippen molar-refractivity contribution in [2.75, 3.05) is 0 Å². The number of Topliss-reactive ketones (excluding diaryl/α,β-unsaturated/α-hetero) is 1. The van der Waals surface area contributed by atoms with Crippen molar-refractivity contribution >= 4 is 5.78 Å². The molecule has 0 aromatic carbocycles. The lowest BCUT2D eigenvalue weighted by Crippen LogP contribution is -2.56. The number of rotatable bonds is 1. The molecule has 14 heavy (non-hydrogen) atoms. The fraction of sp³-hybridized carbons (Fsp3) is 0.900. The second-order valence-corrected chi connectivity index (χ2v) is 4.44. The zero-order chi connectivity index (χ0) is 10.2. The Kier molecular flexibility index (Phi) is 2.29. The van der Waals surface area contributed by atoms with Gasteiger partial charge in [0.1, 0.15) is 0 Å². The lowest BCUT2D eigenvalue weighted by Gasteiger charge is -2.38. The minimum absolute atomic E-state index is 0.0208. The van der Waals surface area contributed by atoms with Crippen LogP contribution < -0.4 is 0 Å². The van der Waals surface area contributed by atoms with Gasteiger partial charge in [-0.1, -0.05) is 6.42 Å². The van der Waals surface area contributed by atoms with Crippen LogP contribution in [0.15, 0.2) is 0 Å². The molecular formula is C10H15NO3. The molecule has 2 aliphatic carbocycles. The predicted molar refractivity (Wildman–Crippen MR) is 50.5 cm³/mol. The van der Waals surface area contributed by atoms with E-state index in [0.717, 1.165) is 32.1 Å². The Morgan fingerprint density at radius 1 is 1.29 bits per heavy atom. The first kappa shape index (κ1) is 9.62. The van der Waals surface area contributed by atoms with Gasteiger partial charge < -0.3 is 0 Å². The molecule has 2 aliphatic rings. The number of hydrogen-bond acceptors (Lipinski definition) is 3. The van der Waals surface area contributed by atoms with E-state index in [1.807, 2.05) is 0 Å². The molecule has 0 N–H and O–H groups in total. The van der Waals surface area contributed by atoms with E-state index in [1.54, 1.807) is 0 Å². The molecule has 4 heteroatoms. The van der Waals surface area contributed by atoms with Crippen LogP contribution in [-0.4, -0.2) is 16.2 Å². The summed E-state index contributed by atoms with van der Waals surface area (Å²) in [6.45, 7) is 0. The van der Waals surface area contributed by atoms with Gasteiger partial charge in [0.15, 0.2) is 0 Å². The fourth-order valence-electron chi connectivity index (χ4n) is 3.05. The summed E-state index contributed by atoms with van der Waals surface area (Å²) in [6.07, 6.45) is 5.36. The monoisotopic (exact) mass is 197 g/mol. The maximum Gasteiger partial charge on any atom is 0.281 e. The first-order valence-electron chi connectivity index (χ1n) is 5.36. The van der Waals surface area contributed by atoms with E-state index in [4.69, 9.17) is 0 Å². The molecule has 78 valence electrons. The van der Waals surface area contributed by atoms with Gasteiger partial charge in [-0.2, -0.15) is 0 Å². The largest absolute Gasteiger partial charge is 0.292 e. The summed E-state index contributed by atoms with van der Waals surface area (Å²) in [5, 5.41) is 11.1. The van der Waals surface area contributed by atoms with E-state index in [2.05, 4.69) is 0 Å². The molecule has 4 nitrogen and oxygen atoms in total. The van der Waals surface area contributed by atoms with Gasteiger partial charge in [-0.3, -0.25) is 14.9 Å². The number of hydrogen-bond donors (Lipinski definition) is 0. The zero-order valence-electron chi connectivity index (χ0n) is 8.20. The maximum atomic E-state index is 11.8. The number of fused-ring (bicyclic) bond motifs is 1. The number of carbonyl (C=O) groups excluding carboxylic acids is 1. The average molecular weight is 197 g/mol. The second-order valence-electron chi connectivity index (χ2n) is 4.44. The zero-order valence-corrected chi connectivity index (χ0v) is 8.20. The third kappa shape index (κ3) is 1.16. The highest BCUT2D eigenvalue weighted by Gasteiger charge is 2.58. The molecule has 0 radical (unpaired) electrons. The molecule has 2 fully saturated rings. The van der Waals surface area contributed by atoms with Crippen molar-refractivity contribution in [3.05, 3.63) is 10.1 Å². The molecule has 0 heterocycles. The minimum Gasteiger partial charge on any atom is -0.292 e. The smallest absolute Gasteiger partial charge is 0.281 e. The van der Waals surface area contributed by atoms with Crippen molar-refractivity contribution < 1.29 is 9.72 Å². The first-order chi connectivity index (χ1) is 6.68. The Morgan fingerprint density at radius 3 is 2.64 bits per heavy atom. The molecular weight excluding hydrogens is 182 g/mol. The van der Waals surface area contributed by atoms with Crippen LogP contribution in [0.2, 0.25) is 0 Å². The first-order valence-corrected chi connectivity index (χ1v) is 5.36. The van der Waals surface area contributed by atoms with Gasteiger partial charge >= 0.3 is 0 Å². The number of nitrogens with zero attached hydrogens (tertiary/aromatic N) is 1. The number of ketones is 1. The fourth-order valence-corrected chi connectivity index (χ4v) is 3.05. The van der Waals surface area contributed by atoms with Crippen LogP contribution in [-0.2, 0) is 4.79 Å². The quantitative estimate of drug-likeness (QED) is 0.476. The van der Waals surface area contributed by atoms with Crippen molar-refractivity contribution in [3.63, 3.8) is 0 Å². The Labute approximate surface area is 82.8 Å². The second kappa shape index (κ2) is 3.33. The molecule has 2 rings (SSSR count). The third-order valence-electron chi connectivity index (χ3n) is 3.80. The van der Waals surface area contributed by atoms with Gasteiger partial charge in [-0.25, -0.2) is 0 Å². The van der Waals surface area contributed by atoms with Crippen molar-refractivity contribution in [3.8, 4) is 0 Å². The van der Waals surface area contributed by atoms with Crippen molar-refractivity contribution in [2.24, 2.45) is 5.92 Å². The number of carbonyl (C=O) groups is 1. The summed E-state index contributed by atoms with van der Waals surface area (Å²) >= 11 is 0. The summed E-state index contributed by atoms with van der Waals surface area (Å²) in [5.74, 6) is -0.0917. The molecule has 0 bridgehead atoms. The van der Waals surface area contributed by atoms with Crippen molar-refractivity contribution in [2.45, 2.75) is 50.5 Å². The highest BCUT2D eigenvalue weighted by molar-refractivity contribution is 5.88. The topological polar surface area (TPSA) is 60.2 Å². The average Bonchev–Trinajstić information content (AvgIpc) is 2.18. The van der Waals surface area contributed by atoms with Crippen molar-refractivity contribution in [1.82, 2.24) is 0 Å². The molecule has 0 saturated heterocycles. The van der Waals surface area contributed by atoms with Crippen LogP contribution in [0, 0.1) is 16.0 Å². The van der Waals surface area contributed by atoms with Gasteiger partial charge in [0.25, 0.3) is 5.54 Å².